The van der Waals surface area contributed by atoms with E-state index in [9.17, 15) is 0 Å². The maximum atomic E-state index is 5.12. The van der Waals surface area contributed by atoms with Gasteiger partial charge in [0.1, 0.15) is 5.82 Å². The Morgan fingerprint density at radius 1 is 1.26 bits per heavy atom. The van der Waals surface area contributed by atoms with Gasteiger partial charge in [-0.3, -0.25) is 4.90 Å². The maximum Gasteiger partial charge on any atom is 0.128 e. The van der Waals surface area contributed by atoms with E-state index in [4.69, 9.17) is 4.74 Å². The number of hydrogen-bond acceptors (Lipinski definition) is 5. The van der Waals surface area contributed by atoms with Crippen LogP contribution in [0.25, 0.3) is 0 Å². The molecule has 1 aliphatic carbocycles. The molecule has 1 N–H and O–H groups in total. The van der Waals surface area contributed by atoms with Crippen LogP contribution in [0.1, 0.15) is 24.8 Å². The van der Waals surface area contributed by atoms with Crippen LogP contribution in [0.15, 0.2) is 18.3 Å². The topological polar surface area (TPSA) is 40.6 Å². The predicted molar refractivity (Wildman–Crippen MR) is 96.5 cm³/mol. The predicted octanol–water partition coefficient (Wildman–Crippen LogP) is 1.91. The fourth-order valence-corrected chi connectivity index (χ4v) is 3.17. The molecule has 1 aromatic rings. The minimum Gasteiger partial charge on any atom is -0.383 e. The number of halogens is 1. The van der Waals surface area contributed by atoms with Crippen LogP contribution in [0.2, 0.25) is 0 Å². The Bertz CT molecular complexity index is 460. The van der Waals surface area contributed by atoms with Gasteiger partial charge in [0.2, 0.25) is 0 Å². The molecular formula is C17H29ClN4O. The van der Waals surface area contributed by atoms with Crippen molar-refractivity contribution in [2.45, 2.75) is 37.9 Å². The van der Waals surface area contributed by atoms with Gasteiger partial charge in [-0.25, -0.2) is 4.98 Å². The lowest BCUT2D eigenvalue weighted by Crippen LogP contribution is -2.38. The van der Waals surface area contributed by atoms with Crippen LogP contribution in [-0.2, 0) is 11.3 Å². The first-order valence-corrected chi connectivity index (χ1v) is 8.39. The molecule has 0 radical (unpaired) electrons. The summed E-state index contributed by atoms with van der Waals surface area (Å²) >= 11 is 0. The number of hydrogen-bond donors (Lipinski definition) is 1. The average molecular weight is 341 g/mol. The normalized spacial score (nSPS) is 20.6. The van der Waals surface area contributed by atoms with Crippen molar-refractivity contribution in [3.05, 3.63) is 23.9 Å². The molecule has 3 rings (SSSR count). The number of anilines is 1. The van der Waals surface area contributed by atoms with Crippen LogP contribution < -0.4 is 10.2 Å². The molecule has 130 valence electrons. The highest BCUT2D eigenvalue weighted by molar-refractivity contribution is 5.85. The van der Waals surface area contributed by atoms with Crippen LogP contribution in [0.5, 0.6) is 0 Å². The summed E-state index contributed by atoms with van der Waals surface area (Å²) in [5.74, 6) is 1.02. The minimum absolute atomic E-state index is 0. The summed E-state index contributed by atoms with van der Waals surface area (Å²) in [6.45, 7) is 4.93. The number of likely N-dealkylation sites (N-methyl/N-ethyl adjacent to an activating group) is 1. The first-order chi connectivity index (χ1) is 10.8. The molecule has 1 atom stereocenters. The molecule has 0 aromatic carbocycles. The molecule has 5 nitrogen and oxygen atoms in total. The van der Waals surface area contributed by atoms with Crippen LogP contribution in [0, 0.1) is 0 Å². The summed E-state index contributed by atoms with van der Waals surface area (Å²) in [7, 11) is 3.79. The molecular weight excluding hydrogens is 312 g/mol. The maximum absolute atomic E-state index is 5.12. The molecule has 0 spiro atoms. The van der Waals surface area contributed by atoms with Gasteiger partial charge in [0, 0.05) is 52.1 Å². The highest BCUT2D eigenvalue weighted by atomic mass is 35.5. The molecule has 1 saturated heterocycles. The largest absolute Gasteiger partial charge is 0.383 e. The zero-order chi connectivity index (χ0) is 15.4. The molecule has 1 aromatic heterocycles. The number of aromatic nitrogens is 1. The summed E-state index contributed by atoms with van der Waals surface area (Å²) in [6.07, 6.45) is 6.04. The van der Waals surface area contributed by atoms with E-state index in [-0.39, 0.29) is 12.4 Å². The van der Waals surface area contributed by atoms with Crippen molar-refractivity contribution in [1.82, 2.24) is 15.2 Å². The van der Waals surface area contributed by atoms with Crippen molar-refractivity contribution >= 4 is 18.2 Å². The van der Waals surface area contributed by atoms with Crippen LogP contribution in [0.3, 0.4) is 0 Å². The molecule has 6 heteroatoms. The van der Waals surface area contributed by atoms with Gasteiger partial charge in [0.15, 0.2) is 0 Å². The van der Waals surface area contributed by atoms with Gasteiger partial charge in [-0.05, 0) is 37.4 Å². The third-order valence-corrected chi connectivity index (χ3v) is 4.72. The summed E-state index contributed by atoms with van der Waals surface area (Å²) in [6, 6.07) is 5.86. The Balaban J connectivity index is 0.00000192. The number of rotatable bonds is 8. The number of pyridine rings is 1. The first-order valence-electron chi connectivity index (χ1n) is 8.39. The fraction of sp³-hybridized carbons (Fsp3) is 0.706. The third-order valence-electron chi connectivity index (χ3n) is 4.72. The van der Waals surface area contributed by atoms with Gasteiger partial charge >= 0.3 is 0 Å². The molecule has 2 heterocycles. The van der Waals surface area contributed by atoms with Gasteiger partial charge in [-0.15, -0.1) is 12.4 Å². The summed E-state index contributed by atoms with van der Waals surface area (Å²) in [5.41, 5.74) is 1.32. The average Bonchev–Trinajstić information content (AvgIpc) is 3.25. The van der Waals surface area contributed by atoms with E-state index in [0.29, 0.717) is 6.04 Å². The summed E-state index contributed by atoms with van der Waals surface area (Å²) < 4.78 is 5.12. The molecule has 1 unspecified atom stereocenters. The van der Waals surface area contributed by atoms with Crippen molar-refractivity contribution in [3.8, 4) is 0 Å². The van der Waals surface area contributed by atoms with Gasteiger partial charge in [0.05, 0.1) is 6.61 Å². The number of ether oxygens (including phenoxy) is 1. The van der Waals surface area contributed by atoms with Crippen LogP contribution in [-0.4, -0.2) is 62.4 Å². The lowest BCUT2D eigenvalue weighted by atomic mass is 10.1. The highest BCUT2D eigenvalue weighted by Gasteiger charge is 2.35. The lowest BCUT2D eigenvalue weighted by Gasteiger charge is -2.28. The van der Waals surface area contributed by atoms with E-state index in [1.807, 2.05) is 6.20 Å². The second-order valence-corrected chi connectivity index (χ2v) is 6.49. The molecule has 0 bridgehead atoms. The van der Waals surface area contributed by atoms with E-state index in [2.05, 4.69) is 39.3 Å². The smallest absolute Gasteiger partial charge is 0.128 e. The Hall–Kier alpha value is -0.880. The Morgan fingerprint density at radius 2 is 2.09 bits per heavy atom. The Morgan fingerprint density at radius 3 is 2.65 bits per heavy atom. The van der Waals surface area contributed by atoms with Gasteiger partial charge < -0.3 is 15.0 Å². The molecule has 1 saturated carbocycles. The van der Waals surface area contributed by atoms with Crippen molar-refractivity contribution in [3.63, 3.8) is 0 Å². The second-order valence-electron chi connectivity index (χ2n) is 6.49. The summed E-state index contributed by atoms with van der Waals surface area (Å²) in [4.78, 5) is 9.44. The number of methoxy groups -OCH3 is 1. The van der Waals surface area contributed by atoms with Gasteiger partial charge in [-0.1, -0.05) is 6.07 Å². The molecule has 0 amide bonds. The van der Waals surface area contributed by atoms with Crippen molar-refractivity contribution in [2.24, 2.45) is 0 Å². The minimum atomic E-state index is 0. The van der Waals surface area contributed by atoms with E-state index in [1.165, 1.54) is 24.8 Å². The van der Waals surface area contributed by atoms with E-state index < -0.39 is 0 Å². The number of nitrogens with one attached hydrogen (secondary N) is 1. The van der Waals surface area contributed by atoms with E-state index >= 15 is 0 Å². The third kappa shape index (κ3) is 5.05. The quantitative estimate of drug-likeness (QED) is 0.783. The Labute approximate surface area is 145 Å². The van der Waals surface area contributed by atoms with Crippen LogP contribution >= 0.6 is 12.4 Å². The van der Waals surface area contributed by atoms with Crippen molar-refractivity contribution in [2.75, 3.05) is 45.3 Å². The van der Waals surface area contributed by atoms with Crippen molar-refractivity contribution in [1.29, 1.82) is 0 Å². The van der Waals surface area contributed by atoms with E-state index in [1.54, 1.807) is 7.11 Å². The molecule has 23 heavy (non-hydrogen) atoms. The van der Waals surface area contributed by atoms with E-state index in [0.717, 1.165) is 44.6 Å². The van der Waals surface area contributed by atoms with Crippen molar-refractivity contribution < 1.29 is 4.74 Å². The fourth-order valence-electron chi connectivity index (χ4n) is 3.17. The van der Waals surface area contributed by atoms with Gasteiger partial charge in [0.25, 0.3) is 0 Å². The standard InChI is InChI=1S/C17H28N4O.ClH/c1-20(9-10-22-2)17-6-3-14(11-19-17)13-21(15-4-5-15)16-7-8-18-12-16;/h3,6,11,15-16,18H,4-5,7-10,12-13H2,1-2H3;1H. The zero-order valence-corrected chi connectivity index (χ0v) is 15.0. The molecule has 1 aliphatic heterocycles. The SMILES string of the molecule is COCCN(C)c1ccc(CN(C2CC2)C2CCNC2)cn1.Cl. The monoisotopic (exact) mass is 340 g/mol. The first kappa shape index (κ1) is 18.5. The highest BCUT2D eigenvalue weighted by Crippen LogP contribution is 2.31. The van der Waals surface area contributed by atoms with Gasteiger partial charge in [-0.2, -0.15) is 0 Å². The zero-order valence-electron chi connectivity index (χ0n) is 14.2. The number of nitrogens with zero attached hydrogens (tertiary/aromatic N) is 3. The second kappa shape index (κ2) is 8.83. The van der Waals surface area contributed by atoms with Crippen LogP contribution in [0.4, 0.5) is 5.82 Å². The Kier molecular flexibility index (Phi) is 7.09. The summed E-state index contributed by atoms with van der Waals surface area (Å²) in [5, 5.41) is 3.49. The lowest BCUT2D eigenvalue weighted by molar-refractivity contribution is 0.188. The molecule has 2 aliphatic rings. The molecule has 2 fully saturated rings.